The fourth-order valence-electron chi connectivity index (χ4n) is 4.09. The highest BCUT2D eigenvalue weighted by Crippen LogP contribution is 2.33. The molecule has 1 unspecified atom stereocenters. The van der Waals surface area contributed by atoms with E-state index < -0.39 is 18.1 Å². The number of alkyl halides is 3. The molecule has 0 bridgehead atoms. The minimum absolute atomic E-state index is 0.0193. The molecule has 0 saturated heterocycles. The summed E-state index contributed by atoms with van der Waals surface area (Å²) in [7, 11) is 0. The van der Waals surface area contributed by atoms with Crippen molar-refractivity contribution in [2.75, 3.05) is 13.2 Å². The Hall–Kier alpha value is -3.65. The number of fused-ring (bicyclic) bond motifs is 1. The van der Waals surface area contributed by atoms with Crippen LogP contribution in [0.3, 0.4) is 0 Å². The molecular formula is C28H27F3N2O3. The fraction of sp³-hybridized carbons (Fsp3) is 0.286. The minimum atomic E-state index is -4.60. The van der Waals surface area contributed by atoms with Crippen LogP contribution in [0.4, 0.5) is 13.2 Å². The average Bonchev–Trinajstić information content (AvgIpc) is 3.24. The summed E-state index contributed by atoms with van der Waals surface area (Å²) in [6, 6.07) is 21.7. The SMILES string of the molecule is CCOC(Cc1ccc(OCCn2c(C(F)(F)F)nc3cc(-c4ccccc4)ccc32)cc1)C(C)=O. The molecule has 0 N–H and O–H groups in total. The second kappa shape index (κ2) is 11.0. The van der Waals surface area contributed by atoms with Crippen molar-refractivity contribution in [2.45, 2.75) is 39.1 Å². The molecule has 5 nitrogen and oxygen atoms in total. The highest BCUT2D eigenvalue weighted by Gasteiger charge is 2.37. The highest BCUT2D eigenvalue weighted by molar-refractivity contribution is 5.83. The van der Waals surface area contributed by atoms with E-state index in [1.807, 2.05) is 49.4 Å². The molecule has 0 fully saturated rings. The van der Waals surface area contributed by atoms with Crippen molar-refractivity contribution in [2.24, 2.45) is 0 Å². The Morgan fingerprint density at radius 1 is 1.00 bits per heavy atom. The van der Waals surface area contributed by atoms with Crippen molar-refractivity contribution in [3.05, 3.63) is 84.2 Å². The van der Waals surface area contributed by atoms with E-state index in [1.165, 1.54) is 6.92 Å². The number of hydrogen-bond acceptors (Lipinski definition) is 4. The topological polar surface area (TPSA) is 53.4 Å². The molecule has 4 aromatic rings. The number of aromatic nitrogens is 2. The van der Waals surface area contributed by atoms with Gasteiger partial charge in [-0.15, -0.1) is 0 Å². The molecule has 0 aliphatic heterocycles. The molecule has 0 saturated carbocycles. The largest absolute Gasteiger partial charge is 0.492 e. The molecule has 0 amide bonds. The predicted octanol–water partition coefficient (Wildman–Crippen LogP) is 6.34. The minimum Gasteiger partial charge on any atom is -0.492 e. The molecule has 1 aromatic heterocycles. The maximum absolute atomic E-state index is 13.8. The zero-order chi connectivity index (χ0) is 25.7. The summed E-state index contributed by atoms with van der Waals surface area (Å²) in [6.45, 7) is 3.79. The molecular weight excluding hydrogens is 469 g/mol. The van der Waals surface area contributed by atoms with Crippen molar-refractivity contribution >= 4 is 16.8 Å². The molecule has 1 heterocycles. The van der Waals surface area contributed by atoms with Crippen LogP contribution in [-0.2, 0) is 28.7 Å². The average molecular weight is 497 g/mol. The summed E-state index contributed by atoms with van der Waals surface area (Å²) in [4.78, 5) is 15.6. The van der Waals surface area contributed by atoms with Crippen LogP contribution in [-0.4, -0.2) is 34.7 Å². The van der Waals surface area contributed by atoms with Gasteiger partial charge in [0.2, 0.25) is 5.82 Å². The monoisotopic (exact) mass is 496 g/mol. The van der Waals surface area contributed by atoms with Crippen molar-refractivity contribution in [1.29, 1.82) is 0 Å². The van der Waals surface area contributed by atoms with Crippen LogP contribution in [0.1, 0.15) is 25.2 Å². The number of hydrogen-bond donors (Lipinski definition) is 0. The molecule has 0 aliphatic rings. The number of rotatable bonds is 10. The van der Waals surface area contributed by atoms with E-state index in [0.717, 1.165) is 21.3 Å². The zero-order valence-electron chi connectivity index (χ0n) is 20.1. The van der Waals surface area contributed by atoms with Crippen LogP contribution in [0.15, 0.2) is 72.8 Å². The summed E-state index contributed by atoms with van der Waals surface area (Å²) >= 11 is 0. The first kappa shape index (κ1) is 25.4. The number of ketones is 1. The van der Waals surface area contributed by atoms with E-state index in [9.17, 15) is 18.0 Å². The van der Waals surface area contributed by atoms with Crippen molar-refractivity contribution in [1.82, 2.24) is 9.55 Å². The first-order valence-corrected chi connectivity index (χ1v) is 11.7. The number of halogens is 3. The first-order chi connectivity index (χ1) is 17.3. The Labute approximate surface area is 207 Å². The second-order valence-electron chi connectivity index (χ2n) is 8.41. The zero-order valence-corrected chi connectivity index (χ0v) is 20.1. The first-order valence-electron chi connectivity index (χ1n) is 11.7. The highest BCUT2D eigenvalue weighted by atomic mass is 19.4. The maximum atomic E-state index is 13.8. The second-order valence-corrected chi connectivity index (χ2v) is 8.41. The molecule has 188 valence electrons. The van der Waals surface area contributed by atoms with Crippen molar-refractivity contribution < 1.29 is 27.4 Å². The Morgan fingerprint density at radius 3 is 2.36 bits per heavy atom. The molecule has 36 heavy (non-hydrogen) atoms. The van der Waals surface area contributed by atoms with Gasteiger partial charge in [-0.05, 0) is 54.8 Å². The van der Waals surface area contributed by atoms with Gasteiger partial charge in [0.25, 0.3) is 0 Å². The summed E-state index contributed by atoms with van der Waals surface area (Å²) in [5.41, 5.74) is 3.29. The quantitative estimate of drug-likeness (QED) is 0.257. The van der Waals surface area contributed by atoms with E-state index in [0.29, 0.717) is 24.3 Å². The third kappa shape index (κ3) is 5.94. The summed E-state index contributed by atoms with van der Waals surface area (Å²) in [6.07, 6.45) is -4.65. The Morgan fingerprint density at radius 2 is 1.72 bits per heavy atom. The van der Waals surface area contributed by atoms with Crippen LogP contribution in [0, 0.1) is 0 Å². The van der Waals surface area contributed by atoms with Crippen LogP contribution in [0.25, 0.3) is 22.2 Å². The molecule has 3 aromatic carbocycles. The summed E-state index contributed by atoms with van der Waals surface area (Å²) < 4.78 is 53.6. The smallest absolute Gasteiger partial charge is 0.449 e. The van der Waals surface area contributed by atoms with Gasteiger partial charge in [0.05, 0.1) is 17.6 Å². The number of benzene rings is 3. The Kier molecular flexibility index (Phi) is 7.74. The van der Waals surface area contributed by atoms with E-state index in [-0.39, 0.29) is 24.5 Å². The normalized spacial score (nSPS) is 12.6. The lowest BCUT2D eigenvalue weighted by molar-refractivity contribution is -0.147. The lowest BCUT2D eigenvalue weighted by atomic mass is 10.1. The van der Waals surface area contributed by atoms with Crippen molar-refractivity contribution in [3.63, 3.8) is 0 Å². The van der Waals surface area contributed by atoms with Gasteiger partial charge in [0.1, 0.15) is 18.5 Å². The lowest BCUT2D eigenvalue weighted by Gasteiger charge is -2.15. The standard InChI is InChI=1S/C28H27F3N2O3/c1-3-35-26(19(2)34)17-20-9-12-23(13-10-20)36-16-15-33-25-14-11-22(21-7-5-4-6-8-21)18-24(25)32-27(33)28(29,30)31/h4-14,18,26H,3,15-17H2,1-2H3. The molecule has 0 spiro atoms. The Bertz CT molecular complexity index is 1320. The number of Topliss-reactive ketones (excluding diaryl/α,β-unsaturated/α-hetero) is 1. The number of carbonyl (C=O) groups excluding carboxylic acids is 1. The fourth-order valence-corrected chi connectivity index (χ4v) is 4.09. The molecule has 1 atom stereocenters. The number of ether oxygens (including phenoxy) is 2. The van der Waals surface area contributed by atoms with Crippen molar-refractivity contribution in [3.8, 4) is 16.9 Å². The third-order valence-electron chi connectivity index (χ3n) is 5.86. The van der Waals surface area contributed by atoms with Crippen LogP contribution < -0.4 is 4.74 Å². The van der Waals surface area contributed by atoms with Gasteiger partial charge in [-0.25, -0.2) is 4.98 Å². The van der Waals surface area contributed by atoms with Gasteiger partial charge >= 0.3 is 6.18 Å². The van der Waals surface area contributed by atoms with Crippen LogP contribution in [0.2, 0.25) is 0 Å². The molecule has 0 aliphatic carbocycles. The maximum Gasteiger partial charge on any atom is 0.449 e. The van der Waals surface area contributed by atoms with Gasteiger partial charge in [-0.2, -0.15) is 13.2 Å². The van der Waals surface area contributed by atoms with E-state index in [2.05, 4.69) is 4.98 Å². The predicted molar refractivity (Wildman–Crippen MR) is 132 cm³/mol. The van der Waals surface area contributed by atoms with E-state index in [1.54, 1.807) is 30.3 Å². The van der Waals surface area contributed by atoms with Gasteiger partial charge in [-0.1, -0.05) is 48.5 Å². The summed E-state index contributed by atoms with van der Waals surface area (Å²) in [5.74, 6) is -0.465. The summed E-state index contributed by atoms with van der Waals surface area (Å²) in [5, 5.41) is 0. The van der Waals surface area contributed by atoms with Gasteiger partial charge in [-0.3, -0.25) is 4.79 Å². The van der Waals surface area contributed by atoms with E-state index >= 15 is 0 Å². The molecule has 8 heteroatoms. The number of nitrogens with zero attached hydrogens (tertiary/aromatic N) is 2. The lowest BCUT2D eigenvalue weighted by Crippen LogP contribution is -2.24. The number of imidazole rings is 1. The van der Waals surface area contributed by atoms with Crippen LogP contribution in [0.5, 0.6) is 5.75 Å². The number of carbonyl (C=O) groups is 1. The molecule has 0 radical (unpaired) electrons. The van der Waals surface area contributed by atoms with Gasteiger partial charge in [0, 0.05) is 13.0 Å². The van der Waals surface area contributed by atoms with Crippen LogP contribution >= 0.6 is 0 Å². The van der Waals surface area contributed by atoms with Gasteiger partial charge in [0.15, 0.2) is 5.78 Å². The third-order valence-corrected chi connectivity index (χ3v) is 5.86. The van der Waals surface area contributed by atoms with E-state index in [4.69, 9.17) is 9.47 Å². The van der Waals surface area contributed by atoms with Gasteiger partial charge < -0.3 is 14.0 Å². The molecule has 4 rings (SSSR count). The Balaban J connectivity index is 1.48.